The van der Waals surface area contributed by atoms with E-state index in [4.69, 9.17) is 0 Å². The van der Waals surface area contributed by atoms with Crippen molar-refractivity contribution in [2.24, 2.45) is 0 Å². The molecule has 3 aromatic rings. The Bertz CT molecular complexity index is 1030. The van der Waals surface area contributed by atoms with Crippen LogP contribution in [0.3, 0.4) is 0 Å². The number of piperazine rings is 1. The van der Waals surface area contributed by atoms with Gasteiger partial charge in [-0.1, -0.05) is 48.5 Å². The van der Waals surface area contributed by atoms with Gasteiger partial charge in [-0.2, -0.15) is 0 Å². The van der Waals surface area contributed by atoms with Gasteiger partial charge in [0, 0.05) is 69.0 Å². The molecule has 1 N–H and O–H groups in total. The first-order valence-corrected chi connectivity index (χ1v) is 11.7. The first kappa shape index (κ1) is 20.3. The highest BCUT2D eigenvalue weighted by Gasteiger charge is 2.24. The number of benzene rings is 2. The molecule has 5 rings (SSSR count). The van der Waals surface area contributed by atoms with Crippen LogP contribution in [0.2, 0.25) is 0 Å². The summed E-state index contributed by atoms with van der Waals surface area (Å²) in [5.41, 5.74) is 4.75. The van der Waals surface area contributed by atoms with Gasteiger partial charge in [0.15, 0.2) is 0 Å². The topological polar surface area (TPSA) is 40.5 Å². The molecule has 2 aliphatic heterocycles. The quantitative estimate of drug-likeness (QED) is 0.671. The Morgan fingerprint density at radius 2 is 1.52 bits per heavy atom. The van der Waals surface area contributed by atoms with Crippen molar-refractivity contribution < 1.29 is 4.79 Å². The lowest BCUT2D eigenvalue weighted by Gasteiger charge is -2.35. The van der Waals surface area contributed by atoms with Gasteiger partial charge in [-0.15, -0.1) is 0 Å². The van der Waals surface area contributed by atoms with Crippen molar-refractivity contribution in [3.63, 3.8) is 0 Å². The summed E-state index contributed by atoms with van der Waals surface area (Å²) in [6.45, 7) is 8.43. The summed E-state index contributed by atoms with van der Waals surface area (Å²) in [6, 6.07) is 19.2. The highest BCUT2D eigenvalue weighted by molar-refractivity contribution is 6.08. The van der Waals surface area contributed by atoms with Gasteiger partial charge in [-0.05, 0) is 30.9 Å². The molecule has 0 bridgehead atoms. The summed E-state index contributed by atoms with van der Waals surface area (Å²) in [4.78, 5) is 17.9. The van der Waals surface area contributed by atoms with Crippen molar-refractivity contribution >= 4 is 16.8 Å². The van der Waals surface area contributed by atoms with Crippen LogP contribution in [0.4, 0.5) is 0 Å². The van der Waals surface area contributed by atoms with E-state index in [1.807, 2.05) is 6.07 Å². The molecular formula is C26H32N4O. The Morgan fingerprint density at radius 1 is 0.806 bits per heavy atom. The van der Waals surface area contributed by atoms with Crippen LogP contribution in [0.15, 0.2) is 54.6 Å². The zero-order valence-electron chi connectivity index (χ0n) is 18.2. The summed E-state index contributed by atoms with van der Waals surface area (Å²) < 4.78 is 2.41. The average molecular weight is 417 g/mol. The second-order valence-electron chi connectivity index (χ2n) is 8.77. The number of fused-ring (bicyclic) bond motifs is 3. The number of rotatable bonds is 6. The van der Waals surface area contributed by atoms with Crippen LogP contribution in [0, 0.1) is 0 Å². The van der Waals surface area contributed by atoms with Crippen LogP contribution in [-0.2, 0) is 19.4 Å². The lowest BCUT2D eigenvalue weighted by atomic mass is 10.1. The molecule has 3 heterocycles. The van der Waals surface area contributed by atoms with Crippen molar-refractivity contribution in [3.8, 4) is 0 Å². The van der Waals surface area contributed by atoms with E-state index in [1.165, 1.54) is 16.8 Å². The second-order valence-corrected chi connectivity index (χ2v) is 8.77. The van der Waals surface area contributed by atoms with E-state index >= 15 is 0 Å². The Labute approximate surface area is 184 Å². The summed E-state index contributed by atoms with van der Waals surface area (Å²) in [5.74, 6) is 0.0921. The number of carbonyl (C=O) groups is 1. The van der Waals surface area contributed by atoms with E-state index in [9.17, 15) is 4.79 Å². The van der Waals surface area contributed by atoms with Crippen LogP contribution >= 0.6 is 0 Å². The molecule has 0 aliphatic carbocycles. The van der Waals surface area contributed by atoms with Crippen molar-refractivity contribution in [2.75, 3.05) is 45.8 Å². The number of amides is 1. The Balaban J connectivity index is 1.21. The Kier molecular flexibility index (Phi) is 6.05. The third-order valence-corrected chi connectivity index (χ3v) is 6.85. The van der Waals surface area contributed by atoms with Crippen LogP contribution in [-0.4, -0.2) is 66.1 Å². The number of carbonyl (C=O) groups excluding carboxylic acids is 1. The van der Waals surface area contributed by atoms with Crippen LogP contribution in [0.25, 0.3) is 10.9 Å². The predicted molar refractivity (Wildman–Crippen MR) is 126 cm³/mol. The molecule has 1 fully saturated rings. The standard InChI is InChI=1S/C26H32N4O/c31-26-25-22-9-4-5-10-23(22)30(24(25)11-6-13-27-26)20-19-29-17-15-28(16-18-29)14-12-21-7-2-1-3-8-21/h1-5,7-10H,6,11-20H2,(H,27,31). The van der Waals surface area contributed by atoms with Crippen molar-refractivity contribution in [2.45, 2.75) is 25.8 Å². The predicted octanol–water partition coefficient (Wildman–Crippen LogP) is 3.18. The van der Waals surface area contributed by atoms with E-state index < -0.39 is 0 Å². The van der Waals surface area contributed by atoms with Crippen molar-refractivity contribution in [1.29, 1.82) is 0 Å². The molecule has 0 radical (unpaired) electrons. The number of hydrogen-bond donors (Lipinski definition) is 1. The molecule has 0 spiro atoms. The van der Waals surface area contributed by atoms with Gasteiger partial charge >= 0.3 is 0 Å². The summed E-state index contributed by atoms with van der Waals surface area (Å²) in [5, 5.41) is 4.17. The lowest BCUT2D eigenvalue weighted by molar-refractivity contribution is 0.0957. The molecule has 2 aliphatic rings. The first-order chi connectivity index (χ1) is 15.3. The van der Waals surface area contributed by atoms with Crippen molar-refractivity contribution in [3.05, 3.63) is 71.4 Å². The molecule has 5 heteroatoms. The molecule has 0 unspecified atom stereocenters. The second kappa shape index (κ2) is 9.25. The SMILES string of the molecule is O=C1NCCCc2c1c1ccccc1n2CCN1CCN(CCc2ccccc2)CC1. The van der Waals surface area contributed by atoms with Gasteiger partial charge < -0.3 is 14.8 Å². The normalized spacial score (nSPS) is 18.0. The molecular weight excluding hydrogens is 384 g/mol. The fourth-order valence-electron chi connectivity index (χ4n) is 5.08. The largest absolute Gasteiger partial charge is 0.352 e. The lowest BCUT2D eigenvalue weighted by Crippen LogP contribution is -2.47. The van der Waals surface area contributed by atoms with Gasteiger partial charge in [-0.25, -0.2) is 0 Å². The maximum absolute atomic E-state index is 12.7. The minimum absolute atomic E-state index is 0.0921. The molecule has 1 amide bonds. The Hall–Kier alpha value is -2.63. The fourth-order valence-corrected chi connectivity index (χ4v) is 5.08. The van der Waals surface area contributed by atoms with Gasteiger partial charge in [0.25, 0.3) is 5.91 Å². The minimum atomic E-state index is 0.0921. The third-order valence-electron chi connectivity index (χ3n) is 6.85. The smallest absolute Gasteiger partial charge is 0.253 e. The van der Waals surface area contributed by atoms with Crippen LogP contribution < -0.4 is 5.32 Å². The molecule has 0 saturated carbocycles. The zero-order valence-corrected chi connectivity index (χ0v) is 18.2. The molecule has 2 aromatic carbocycles. The highest BCUT2D eigenvalue weighted by atomic mass is 16.1. The average Bonchev–Trinajstić information content (AvgIpc) is 3.00. The first-order valence-electron chi connectivity index (χ1n) is 11.7. The molecule has 1 aromatic heterocycles. The highest BCUT2D eigenvalue weighted by Crippen LogP contribution is 2.28. The van der Waals surface area contributed by atoms with E-state index in [0.29, 0.717) is 0 Å². The summed E-state index contributed by atoms with van der Waals surface area (Å²) in [7, 11) is 0. The Morgan fingerprint density at radius 3 is 2.32 bits per heavy atom. The number of aromatic nitrogens is 1. The number of nitrogens with zero attached hydrogens (tertiary/aromatic N) is 3. The van der Waals surface area contributed by atoms with Gasteiger partial charge in [0.05, 0.1) is 5.56 Å². The maximum Gasteiger partial charge on any atom is 0.253 e. The fraction of sp³-hybridized carbons (Fsp3) is 0.423. The molecule has 1 saturated heterocycles. The monoisotopic (exact) mass is 416 g/mol. The molecule has 162 valence electrons. The summed E-state index contributed by atoms with van der Waals surface area (Å²) >= 11 is 0. The number of nitrogens with one attached hydrogen (secondary N) is 1. The maximum atomic E-state index is 12.7. The van der Waals surface area contributed by atoms with Crippen molar-refractivity contribution in [1.82, 2.24) is 19.7 Å². The van der Waals surface area contributed by atoms with E-state index in [-0.39, 0.29) is 5.91 Å². The van der Waals surface area contributed by atoms with Gasteiger partial charge in [-0.3, -0.25) is 9.69 Å². The molecule has 5 nitrogen and oxygen atoms in total. The number of para-hydroxylation sites is 1. The van der Waals surface area contributed by atoms with E-state index in [2.05, 4.69) is 68.2 Å². The molecule has 0 atom stereocenters. The van der Waals surface area contributed by atoms with E-state index in [0.717, 1.165) is 82.6 Å². The number of hydrogen-bond acceptors (Lipinski definition) is 3. The van der Waals surface area contributed by atoms with Crippen LogP contribution in [0.5, 0.6) is 0 Å². The molecule has 31 heavy (non-hydrogen) atoms. The van der Waals surface area contributed by atoms with Gasteiger partial charge in [0.1, 0.15) is 0 Å². The zero-order chi connectivity index (χ0) is 21.0. The summed E-state index contributed by atoms with van der Waals surface area (Å²) in [6.07, 6.45) is 3.11. The van der Waals surface area contributed by atoms with Gasteiger partial charge in [0.2, 0.25) is 0 Å². The third kappa shape index (κ3) is 4.39. The van der Waals surface area contributed by atoms with E-state index in [1.54, 1.807) is 0 Å². The van der Waals surface area contributed by atoms with Crippen LogP contribution in [0.1, 0.15) is 28.0 Å². The minimum Gasteiger partial charge on any atom is -0.352 e.